The van der Waals surface area contributed by atoms with Gasteiger partial charge in [0.05, 0.1) is 6.04 Å². The summed E-state index contributed by atoms with van der Waals surface area (Å²) in [7, 11) is 0. The first kappa shape index (κ1) is 29.2. The summed E-state index contributed by atoms with van der Waals surface area (Å²) in [5.41, 5.74) is 7.27. The number of thioether (sulfide) groups is 1. The quantitative estimate of drug-likeness (QED) is 0.219. The van der Waals surface area contributed by atoms with Gasteiger partial charge >= 0.3 is 5.97 Å². The minimum absolute atomic E-state index is 0.0781. The van der Waals surface area contributed by atoms with Crippen LogP contribution in [-0.2, 0) is 25.6 Å². The first-order valence-corrected chi connectivity index (χ1v) is 13.4. The maximum Gasteiger partial charge on any atom is 0.326 e. The molecule has 7 N–H and O–H groups in total. The number of nitrogens with two attached hydrogens (primary N) is 1. The van der Waals surface area contributed by atoms with E-state index < -0.39 is 47.9 Å². The van der Waals surface area contributed by atoms with E-state index >= 15 is 0 Å². The highest BCUT2D eigenvalue weighted by Crippen LogP contribution is 2.19. The van der Waals surface area contributed by atoms with Crippen molar-refractivity contribution in [3.8, 4) is 0 Å². The molecule has 2 aromatic rings. The van der Waals surface area contributed by atoms with Crippen LogP contribution in [0.4, 0.5) is 0 Å². The highest BCUT2D eigenvalue weighted by Gasteiger charge is 2.30. The van der Waals surface area contributed by atoms with Gasteiger partial charge < -0.3 is 31.8 Å². The Morgan fingerprint density at radius 3 is 2.19 bits per heavy atom. The maximum atomic E-state index is 13.2. The van der Waals surface area contributed by atoms with Gasteiger partial charge in [0.2, 0.25) is 17.7 Å². The van der Waals surface area contributed by atoms with Crippen molar-refractivity contribution in [3.63, 3.8) is 0 Å². The van der Waals surface area contributed by atoms with Crippen LogP contribution in [0.2, 0.25) is 0 Å². The Bertz CT molecular complexity index is 1050. The number of para-hydroxylation sites is 1. The van der Waals surface area contributed by atoms with Crippen LogP contribution in [0.25, 0.3) is 10.9 Å². The molecule has 36 heavy (non-hydrogen) atoms. The van der Waals surface area contributed by atoms with Gasteiger partial charge in [0.15, 0.2) is 0 Å². The highest BCUT2D eigenvalue weighted by molar-refractivity contribution is 7.98. The normalized spacial score (nSPS) is 14.6. The maximum absolute atomic E-state index is 13.2. The van der Waals surface area contributed by atoms with Gasteiger partial charge in [0.25, 0.3) is 0 Å². The van der Waals surface area contributed by atoms with E-state index in [1.807, 2.05) is 44.4 Å². The molecule has 10 nitrogen and oxygen atoms in total. The number of rotatable bonds is 14. The van der Waals surface area contributed by atoms with E-state index in [1.165, 1.54) is 18.7 Å². The number of carboxylic acid groups (broad SMARTS) is 1. The predicted molar refractivity (Wildman–Crippen MR) is 142 cm³/mol. The van der Waals surface area contributed by atoms with E-state index in [0.717, 1.165) is 16.5 Å². The van der Waals surface area contributed by atoms with E-state index in [0.29, 0.717) is 18.6 Å². The van der Waals surface area contributed by atoms with Gasteiger partial charge in [-0.2, -0.15) is 11.8 Å². The highest BCUT2D eigenvalue weighted by atomic mass is 32.2. The van der Waals surface area contributed by atoms with Crippen molar-refractivity contribution in [1.82, 2.24) is 20.9 Å². The Hall–Kier alpha value is -3.05. The summed E-state index contributed by atoms with van der Waals surface area (Å²) in [4.78, 5) is 53.4. The van der Waals surface area contributed by atoms with E-state index in [9.17, 15) is 24.3 Å². The summed E-state index contributed by atoms with van der Waals surface area (Å²) >= 11 is 1.50. The van der Waals surface area contributed by atoms with Crippen LogP contribution in [0, 0.1) is 5.92 Å². The van der Waals surface area contributed by atoms with Gasteiger partial charge in [-0.3, -0.25) is 14.4 Å². The second-order valence-corrected chi connectivity index (χ2v) is 10.3. The zero-order valence-corrected chi connectivity index (χ0v) is 22.0. The lowest BCUT2D eigenvalue weighted by molar-refractivity contribution is -0.142. The first-order valence-electron chi connectivity index (χ1n) is 12.0. The smallest absolute Gasteiger partial charge is 0.326 e. The molecule has 198 valence electrons. The zero-order valence-electron chi connectivity index (χ0n) is 21.2. The van der Waals surface area contributed by atoms with Crippen molar-refractivity contribution in [2.24, 2.45) is 11.7 Å². The van der Waals surface area contributed by atoms with E-state index in [-0.39, 0.29) is 12.3 Å². The van der Waals surface area contributed by atoms with Crippen LogP contribution in [-0.4, -0.2) is 70.0 Å². The Balaban J connectivity index is 2.16. The van der Waals surface area contributed by atoms with Gasteiger partial charge in [-0.1, -0.05) is 32.0 Å². The molecule has 2 rings (SSSR count). The number of carbonyl (C=O) groups excluding carboxylic acids is 3. The number of amides is 3. The molecule has 0 spiro atoms. The Morgan fingerprint density at radius 1 is 0.972 bits per heavy atom. The molecule has 11 heteroatoms. The van der Waals surface area contributed by atoms with Gasteiger partial charge in [-0.25, -0.2) is 4.79 Å². The number of nitrogens with one attached hydrogen (secondary N) is 4. The Kier molecular flexibility index (Phi) is 11.3. The van der Waals surface area contributed by atoms with Gasteiger partial charge in [-0.15, -0.1) is 0 Å². The van der Waals surface area contributed by atoms with E-state index in [4.69, 9.17) is 5.73 Å². The monoisotopic (exact) mass is 519 g/mol. The second kappa shape index (κ2) is 13.9. The number of aliphatic carboxylic acids is 1. The number of H-pyrrole nitrogens is 1. The minimum Gasteiger partial charge on any atom is -0.480 e. The summed E-state index contributed by atoms with van der Waals surface area (Å²) in [5.74, 6) is -2.08. The lowest BCUT2D eigenvalue weighted by Crippen LogP contribution is -2.57. The molecular formula is C25H37N5O5S. The molecule has 0 aliphatic rings. The standard InChI is InChI=1S/C25H37N5O5S/c1-14(2)11-20(29-22(31)15(3)26)24(33)28-19(9-10-36-4)23(32)30-21(25(34)35)12-16-13-27-18-8-6-5-7-17(16)18/h5-8,13-15,19-21,27H,9-12,26H2,1-4H3,(H,28,33)(H,29,31)(H,30,32)(H,34,35). The van der Waals surface area contributed by atoms with Crippen LogP contribution in [0.3, 0.4) is 0 Å². The molecule has 1 aromatic carbocycles. The molecule has 0 radical (unpaired) electrons. The molecule has 1 aromatic heterocycles. The lowest BCUT2D eigenvalue weighted by Gasteiger charge is -2.25. The number of carbonyl (C=O) groups is 4. The molecule has 0 aliphatic heterocycles. The van der Waals surface area contributed by atoms with Crippen molar-refractivity contribution >= 4 is 46.4 Å². The molecular weight excluding hydrogens is 482 g/mol. The number of aromatic nitrogens is 1. The van der Waals surface area contributed by atoms with Crippen molar-refractivity contribution in [2.75, 3.05) is 12.0 Å². The topological polar surface area (TPSA) is 166 Å². The van der Waals surface area contributed by atoms with Crippen molar-refractivity contribution in [1.29, 1.82) is 0 Å². The average Bonchev–Trinajstić information content (AvgIpc) is 3.22. The van der Waals surface area contributed by atoms with Crippen LogP contribution in [0.15, 0.2) is 30.5 Å². The fourth-order valence-corrected chi connectivity index (χ4v) is 4.25. The molecule has 0 saturated carbocycles. The summed E-state index contributed by atoms with van der Waals surface area (Å²) in [6.07, 6.45) is 4.34. The number of aromatic amines is 1. The van der Waals surface area contributed by atoms with Gasteiger partial charge in [-0.05, 0) is 49.3 Å². The van der Waals surface area contributed by atoms with Crippen molar-refractivity contribution < 1.29 is 24.3 Å². The molecule has 0 bridgehead atoms. The Morgan fingerprint density at radius 2 is 1.58 bits per heavy atom. The molecule has 0 aliphatic carbocycles. The minimum atomic E-state index is -1.19. The number of hydrogen-bond donors (Lipinski definition) is 6. The van der Waals surface area contributed by atoms with Crippen LogP contribution in [0.5, 0.6) is 0 Å². The number of hydrogen-bond acceptors (Lipinski definition) is 6. The van der Waals surface area contributed by atoms with Crippen molar-refractivity contribution in [3.05, 3.63) is 36.0 Å². The number of carboxylic acids is 1. The average molecular weight is 520 g/mol. The summed E-state index contributed by atoms with van der Waals surface area (Å²) in [6.45, 7) is 5.35. The molecule has 3 amide bonds. The molecule has 0 saturated heterocycles. The molecule has 1 heterocycles. The third-order valence-electron chi connectivity index (χ3n) is 5.71. The largest absolute Gasteiger partial charge is 0.480 e. The van der Waals surface area contributed by atoms with Crippen LogP contribution >= 0.6 is 11.8 Å². The fourth-order valence-electron chi connectivity index (χ4n) is 3.78. The second-order valence-electron chi connectivity index (χ2n) is 9.29. The van der Waals surface area contributed by atoms with Crippen molar-refractivity contribution in [2.45, 2.75) is 64.2 Å². The van der Waals surface area contributed by atoms with Crippen LogP contribution < -0.4 is 21.7 Å². The van der Waals surface area contributed by atoms with Crippen LogP contribution in [0.1, 0.15) is 39.2 Å². The molecule has 4 atom stereocenters. The third kappa shape index (κ3) is 8.56. The SMILES string of the molecule is CSCCC(NC(=O)C(CC(C)C)NC(=O)C(C)N)C(=O)NC(Cc1c[nH]c2ccccc12)C(=O)O. The zero-order chi connectivity index (χ0) is 26.8. The third-order valence-corrected chi connectivity index (χ3v) is 6.35. The number of benzene rings is 1. The predicted octanol–water partition coefficient (Wildman–Crippen LogP) is 1.40. The van der Waals surface area contributed by atoms with Gasteiger partial charge in [0.1, 0.15) is 18.1 Å². The summed E-state index contributed by atoms with van der Waals surface area (Å²) in [6, 6.07) is 3.71. The lowest BCUT2D eigenvalue weighted by atomic mass is 10.0. The van der Waals surface area contributed by atoms with E-state index in [2.05, 4.69) is 20.9 Å². The summed E-state index contributed by atoms with van der Waals surface area (Å²) in [5, 5.41) is 18.6. The Labute approximate surface area is 215 Å². The first-order chi connectivity index (χ1) is 17.0. The number of fused-ring (bicyclic) bond motifs is 1. The van der Waals surface area contributed by atoms with Gasteiger partial charge in [0, 0.05) is 23.5 Å². The fraction of sp³-hybridized carbons (Fsp3) is 0.520. The van der Waals surface area contributed by atoms with E-state index in [1.54, 1.807) is 6.20 Å². The summed E-state index contributed by atoms with van der Waals surface area (Å²) < 4.78 is 0. The molecule has 4 unspecified atom stereocenters. The molecule has 0 fully saturated rings.